The van der Waals surface area contributed by atoms with E-state index in [9.17, 15) is 13.6 Å². The molecule has 5 rings (SSSR count). The highest BCUT2D eigenvalue weighted by Crippen LogP contribution is 2.63. The van der Waals surface area contributed by atoms with Crippen LogP contribution in [0.15, 0.2) is 36.4 Å². The lowest BCUT2D eigenvalue weighted by molar-refractivity contribution is 0.0697. The molecule has 0 radical (unpaired) electrons. The number of rotatable bonds is 2. The van der Waals surface area contributed by atoms with Gasteiger partial charge in [0.05, 0.1) is 17.3 Å². The van der Waals surface area contributed by atoms with Crippen LogP contribution in [0.4, 0.5) is 14.5 Å². The molecule has 0 aromatic heterocycles. The molecule has 1 aliphatic heterocycles. The monoisotopic (exact) mass is 355 g/mol. The lowest BCUT2D eigenvalue weighted by Crippen LogP contribution is -2.36. The first-order valence-electron chi connectivity index (χ1n) is 9.11. The molecule has 2 N–H and O–H groups in total. The molecule has 2 fully saturated rings. The molecule has 5 atom stereocenters. The van der Waals surface area contributed by atoms with E-state index >= 15 is 0 Å². The Morgan fingerprint density at radius 2 is 1.81 bits per heavy atom. The van der Waals surface area contributed by atoms with Crippen molar-refractivity contribution in [3.8, 4) is 0 Å². The smallest absolute Gasteiger partial charge is 0.335 e. The highest BCUT2D eigenvalue weighted by atomic mass is 19.1. The van der Waals surface area contributed by atoms with E-state index in [1.54, 1.807) is 12.1 Å². The van der Waals surface area contributed by atoms with Gasteiger partial charge in [-0.15, -0.1) is 0 Å². The van der Waals surface area contributed by atoms with Gasteiger partial charge >= 0.3 is 5.97 Å². The van der Waals surface area contributed by atoms with Crippen molar-refractivity contribution in [2.45, 2.75) is 31.2 Å². The summed E-state index contributed by atoms with van der Waals surface area (Å²) in [5.41, 5.74) is 2.39. The first kappa shape index (κ1) is 15.8. The number of hydrogen-bond donors (Lipinski definition) is 2. The summed E-state index contributed by atoms with van der Waals surface area (Å²) in [6, 6.07) is 9.17. The van der Waals surface area contributed by atoms with Gasteiger partial charge in [-0.05, 0) is 72.3 Å². The van der Waals surface area contributed by atoms with E-state index in [0.717, 1.165) is 36.5 Å². The number of carboxylic acid groups (broad SMARTS) is 1. The van der Waals surface area contributed by atoms with Gasteiger partial charge in [0.2, 0.25) is 0 Å². The Labute approximate surface area is 150 Å². The van der Waals surface area contributed by atoms with Crippen LogP contribution < -0.4 is 5.32 Å². The van der Waals surface area contributed by atoms with Crippen LogP contribution in [0.25, 0.3) is 0 Å². The van der Waals surface area contributed by atoms with Gasteiger partial charge in [0.1, 0.15) is 11.6 Å². The molecular formula is C21H19F2NO2. The van der Waals surface area contributed by atoms with Gasteiger partial charge in [0.15, 0.2) is 0 Å². The zero-order valence-electron chi connectivity index (χ0n) is 14.1. The molecule has 26 heavy (non-hydrogen) atoms. The average molecular weight is 355 g/mol. The van der Waals surface area contributed by atoms with Crippen LogP contribution in [0.2, 0.25) is 0 Å². The number of halogens is 2. The third-order valence-electron chi connectivity index (χ3n) is 6.63. The first-order valence-corrected chi connectivity index (χ1v) is 9.11. The zero-order chi connectivity index (χ0) is 18.0. The topological polar surface area (TPSA) is 49.3 Å². The molecule has 3 aliphatic rings. The maximum atomic E-state index is 14.5. The quantitative estimate of drug-likeness (QED) is 0.800. The second-order valence-electron chi connectivity index (χ2n) is 7.84. The molecule has 2 aromatic rings. The van der Waals surface area contributed by atoms with E-state index in [4.69, 9.17) is 5.11 Å². The Morgan fingerprint density at radius 3 is 2.54 bits per heavy atom. The van der Waals surface area contributed by atoms with Crippen molar-refractivity contribution in [1.29, 1.82) is 0 Å². The van der Waals surface area contributed by atoms with Gasteiger partial charge in [-0.1, -0.05) is 12.1 Å². The highest BCUT2D eigenvalue weighted by Gasteiger charge is 2.54. The Morgan fingerprint density at radius 1 is 1.08 bits per heavy atom. The Bertz CT molecular complexity index is 896. The minimum atomic E-state index is -0.960. The SMILES string of the molecule is O=C(O)c1ccc(C2Nc3c(F)cc(F)cc3C3C4CCC(C4)C23)cc1. The predicted octanol–water partition coefficient (Wildman–Crippen LogP) is 4.96. The fourth-order valence-corrected chi connectivity index (χ4v) is 5.68. The van der Waals surface area contributed by atoms with Crippen LogP contribution >= 0.6 is 0 Å². The molecule has 0 amide bonds. The molecular weight excluding hydrogens is 336 g/mol. The first-order chi connectivity index (χ1) is 12.5. The van der Waals surface area contributed by atoms with Gasteiger partial charge < -0.3 is 10.4 Å². The third-order valence-corrected chi connectivity index (χ3v) is 6.63. The molecule has 2 aromatic carbocycles. The Hall–Kier alpha value is -2.43. The van der Waals surface area contributed by atoms with Crippen LogP contribution in [0.3, 0.4) is 0 Å². The van der Waals surface area contributed by atoms with Crippen LogP contribution in [0, 0.1) is 29.4 Å². The molecule has 5 unspecified atom stereocenters. The van der Waals surface area contributed by atoms with Crippen molar-refractivity contribution >= 4 is 11.7 Å². The van der Waals surface area contributed by atoms with E-state index in [0.29, 0.717) is 17.5 Å². The van der Waals surface area contributed by atoms with Crippen LogP contribution in [-0.2, 0) is 0 Å². The maximum absolute atomic E-state index is 14.5. The molecule has 2 saturated carbocycles. The van der Waals surface area contributed by atoms with Crippen molar-refractivity contribution in [2.75, 3.05) is 5.32 Å². The number of nitrogens with one attached hydrogen (secondary N) is 1. The maximum Gasteiger partial charge on any atom is 0.335 e. The summed E-state index contributed by atoms with van der Waals surface area (Å²) in [5, 5.41) is 12.4. The number of carbonyl (C=O) groups is 1. The molecule has 0 spiro atoms. The Balaban J connectivity index is 1.61. The van der Waals surface area contributed by atoms with Crippen LogP contribution in [-0.4, -0.2) is 11.1 Å². The summed E-state index contributed by atoms with van der Waals surface area (Å²) in [6.45, 7) is 0. The fourth-order valence-electron chi connectivity index (χ4n) is 5.68. The summed E-state index contributed by atoms with van der Waals surface area (Å²) >= 11 is 0. The molecule has 134 valence electrons. The van der Waals surface area contributed by atoms with Gasteiger partial charge in [0.25, 0.3) is 0 Å². The van der Waals surface area contributed by atoms with Crippen LogP contribution in [0.1, 0.15) is 52.7 Å². The number of benzene rings is 2. The van der Waals surface area contributed by atoms with Crippen LogP contribution in [0.5, 0.6) is 0 Å². The summed E-state index contributed by atoms with van der Waals surface area (Å²) < 4.78 is 28.4. The van der Waals surface area contributed by atoms with E-state index in [1.165, 1.54) is 6.07 Å². The summed E-state index contributed by atoms with van der Waals surface area (Å²) in [5.74, 6) is -0.550. The number of hydrogen-bond acceptors (Lipinski definition) is 2. The largest absolute Gasteiger partial charge is 0.478 e. The van der Waals surface area contributed by atoms with E-state index < -0.39 is 17.6 Å². The van der Waals surface area contributed by atoms with Crippen molar-refractivity contribution in [2.24, 2.45) is 17.8 Å². The number of anilines is 1. The summed E-state index contributed by atoms with van der Waals surface area (Å²) in [6.07, 6.45) is 3.39. The normalized spacial score (nSPS) is 31.2. The predicted molar refractivity (Wildman–Crippen MR) is 93.2 cm³/mol. The lowest BCUT2D eigenvalue weighted by atomic mass is 9.68. The van der Waals surface area contributed by atoms with E-state index in [1.807, 2.05) is 12.1 Å². The number of carboxylic acids is 1. The van der Waals surface area contributed by atoms with Gasteiger partial charge in [-0.2, -0.15) is 0 Å². The summed E-state index contributed by atoms with van der Waals surface area (Å²) in [7, 11) is 0. The van der Waals surface area contributed by atoms with Gasteiger partial charge in [-0.3, -0.25) is 0 Å². The zero-order valence-corrected chi connectivity index (χ0v) is 14.1. The third kappa shape index (κ3) is 2.19. The summed E-state index contributed by atoms with van der Waals surface area (Å²) in [4.78, 5) is 11.1. The minimum absolute atomic E-state index is 0.0781. The van der Waals surface area contributed by atoms with Gasteiger partial charge in [-0.25, -0.2) is 13.6 Å². The molecule has 2 aliphatic carbocycles. The molecule has 3 nitrogen and oxygen atoms in total. The van der Waals surface area contributed by atoms with E-state index in [2.05, 4.69) is 5.32 Å². The lowest BCUT2D eigenvalue weighted by Gasteiger charge is -2.43. The standard InChI is InChI=1S/C21H19F2NO2/c22-14-8-15-17-12-5-6-13(7-12)18(17)19(24-20(15)16(23)9-14)10-1-3-11(4-2-10)21(25)26/h1-4,8-9,12-13,17-19,24H,5-7H2,(H,25,26). The van der Waals surface area contributed by atoms with Gasteiger partial charge in [0, 0.05) is 6.07 Å². The van der Waals surface area contributed by atoms with E-state index in [-0.39, 0.29) is 23.4 Å². The highest BCUT2D eigenvalue weighted by molar-refractivity contribution is 5.87. The fraction of sp³-hybridized carbons (Fsp3) is 0.381. The molecule has 5 heteroatoms. The Kier molecular flexibility index (Phi) is 3.36. The minimum Gasteiger partial charge on any atom is -0.478 e. The van der Waals surface area contributed by atoms with Crippen molar-refractivity contribution in [3.05, 3.63) is 64.7 Å². The number of fused-ring (bicyclic) bond motifs is 7. The van der Waals surface area contributed by atoms with Crippen molar-refractivity contribution in [3.63, 3.8) is 0 Å². The molecule has 1 heterocycles. The molecule has 2 bridgehead atoms. The second-order valence-corrected chi connectivity index (χ2v) is 7.84. The van der Waals surface area contributed by atoms with Crippen molar-refractivity contribution < 1.29 is 18.7 Å². The average Bonchev–Trinajstić information content (AvgIpc) is 3.23. The van der Waals surface area contributed by atoms with Crippen molar-refractivity contribution in [1.82, 2.24) is 0 Å². The second kappa shape index (κ2) is 5.53. The number of aromatic carboxylic acids is 1. The molecule has 0 saturated heterocycles.